The van der Waals surface area contributed by atoms with Gasteiger partial charge in [0, 0.05) is 43.0 Å². The average Bonchev–Trinajstić information content (AvgIpc) is 2.90. The fourth-order valence-electron chi connectivity index (χ4n) is 4.32. The molecule has 0 radical (unpaired) electrons. The minimum atomic E-state index is -3.85. The topological polar surface area (TPSA) is 86.8 Å². The highest BCUT2D eigenvalue weighted by Gasteiger charge is 2.30. The Morgan fingerprint density at radius 2 is 1.65 bits per heavy atom. The molecule has 3 aromatic carbocycles. The summed E-state index contributed by atoms with van der Waals surface area (Å²) in [4.78, 5) is 28.5. The highest BCUT2D eigenvalue weighted by molar-refractivity contribution is 9.10. The number of carbonyl (C=O) groups excluding carboxylic acids is 2. The summed E-state index contributed by atoms with van der Waals surface area (Å²) in [5, 5.41) is 2.83. The third kappa shape index (κ3) is 8.85. The van der Waals surface area contributed by atoms with Gasteiger partial charge < -0.3 is 10.2 Å². The fraction of sp³-hybridized carbons (Fsp3) is 0.310. The van der Waals surface area contributed by atoms with Crippen LogP contribution in [0.5, 0.6) is 0 Å². The SMILES string of the molecule is CCNC(=O)[C@H](Cc1ccccc1)N(Cc1cccc(Br)c1)C(=O)CCCN(c1ccc(F)c(F)c1)S(C)(=O)=O. The molecule has 0 aromatic heterocycles. The van der Waals surface area contributed by atoms with Crippen molar-refractivity contribution >= 4 is 43.5 Å². The lowest BCUT2D eigenvalue weighted by Gasteiger charge is -2.32. The van der Waals surface area contributed by atoms with Gasteiger partial charge in [0.2, 0.25) is 21.8 Å². The van der Waals surface area contributed by atoms with E-state index in [9.17, 15) is 26.8 Å². The Hall–Kier alpha value is -3.31. The molecule has 0 aliphatic carbocycles. The van der Waals surface area contributed by atoms with Crippen molar-refractivity contribution in [2.45, 2.75) is 38.8 Å². The lowest BCUT2D eigenvalue weighted by atomic mass is 10.0. The first-order valence-electron chi connectivity index (χ1n) is 12.8. The van der Waals surface area contributed by atoms with Crippen molar-refractivity contribution in [1.82, 2.24) is 10.2 Å². The van der Waals surface area contributed by atoms with Gasteiger partial charge in [-0.25, -0.2) is 17.2 Å². The number of rotatable bonds is 13. The molecule has 0 bridgehead atoms. The van der Waals surface area contributed by atoms with Crippen molar-refractivity contribution in [3.8, 4) is 0 Å². The molecule has 214 valence electrons. The predicted octanol–water partition coefficient (Wildman–Crippen LogP) is 5.05. The fourth-order valence-corrected chi connectivity index (χ4v) is 5.73. The quantitative estimate of drug-likeness (QED) is 0.285. The minimum absolute atomic E-state index is 0.0379. The van der Waals surface area contributed by atoms with Crippen molar-refractivity contribution < 1.29 is 26.8 Å². The van der Waals surface area contributed by atoms with E-state index in [-0.39, 0.29) is 49.9 Å². The largest absolute Gasteiger partial charge is 0.355 e. The maximum Gasteiger partial charge on any atom is 0.243 e. The van der Waals surface area contributed by atoms with Gasteiger partial charge in [0.05, 0.1) is 11.9 Å². The Morgan fingerprint density at radius 1 is 0.950 bits per heavy atom. The molecule has 0 aliphatic rings. The van der Waals surface area contributed by atoms with Crippen LogP contribution in [0, 0.1) is 11.6 Å². The number of amides is 2. The summed E-state index contributed by atoms with van der Waals surface area (Å²) in [5.41, 5.74) is 1.65. The molecule has 0 saturated heterocycles. The van der Waals surface area contributed by atoms with Crippen LogP contribution in [0.2, 0.25) is 0 Å². The lowest BCUT2D eigenvalue weighted by molar-refractivity contribution is -0.141. The predicted molar refractivity (Wildman–Crippen MR) is 155 cm³/mol. The highest BCUT2D eigenvalue weighted by Crippen LogP contribution is 2.23. The van der Waals surface area contributed by atoms with E-state index in [2.05, 4.69) is 21.2 Å². The zero-order chi connectivity index (χ0) is 29.3. The minimum Gasteiger partial charge on any atom is -0.355 e. The van der Waals surface area contributed by atoms with Gasteiger partial charge in [-0.3, -0.25) is 13.9 Å². The van der Waals surface area contributed by atoms with Crippen LogP contribution in [0.15, 0.2) is 77.3 Å². The van der Waals surface area contributed by atoms with Crippen LogP contribution < -0.4 is 9.62 Å². The number of sulfonamides is 1. The molecule has 0 unspecified atom stereocenters. The van der Waals surface area contributed by atoms with Crippen molar-refractivity contribution in [1.29, 1.82) is 0 Å². The van der Waals surface area contributed by atoms with E-state index in [1.807, 2.05) is 54.6 Å². The molecule has 2 amide bonds. The Labute approximate surface area is 242 Å². The summed E-state index contributed by atoms with van der Waals surface area (Å²) in [6.07, 6.45) is 1.26. The van der Waals surface area contributed by atoms with Crippen LogP contribution in [0.25, 0.3) is 0 Å². The number of hydrogen-bond acceptors (Lipinski definition) is 4. The summed E-state index contributed by atoms with van der Waals surface area (Å²) in [6, 6.07) is 18.8. The van der Waals surface area contributed by atoms with Crippen LogP contribution in [-0.2, 0) is 32.6 Å². The number of nitrogens with zero attached hydrogens (tertiary/aromatic N) is 2. The number of carbonyl (C=O) groups is 2. The number of anilines is 1. The summed E-state index contributed by atoms with van der Waals surface area (Å²) in [6.45, 7) is 2.22. The second-order valence-electron chi connectivity index (χ2n) is 9.29. The van der Waals surface area contributed by atoms with E-state index in [0.29, 0.717) is 6.54 Å². The number of likely N-dealkylation sites (N-methyl/N-ethyl adjacent to an activating group) is 1. The number of halogens is 3. The molecule has 0 spiro atoms. The maximum absolute atomic E-state index is 13.8. The first-order valence-corrected chi connectivity index (χ1v) is 15.4. The zero-order valence-corrected chi connectivity index (χ0v) is 24.7. The Morgan fingerprint density at radius 3 is 2.27 bits per heavy atom. The van der Waals surface area contributed by atoms with Gasteiger partial charge in [0.25, 0.3) is 0 Å². The van der Waals surface area contributed by atoms with E-state index in [1.165, 1.54) is 11.0 Å². The van der Waals surface area contributed by atoms with Gasteiger partial charge in [0.1, 0.15) is 6.04 Å². The van der Waals surface area contributed by atoms with E-state index < -0.39 is 27.7 Å². The van der Waals surface area contributed by atoms with E-state index in [1.54, 1.807) is 6.92 Å². The van der Waals surface area contributed by atoms with Crippen LogP contribution in [0.1, 0.15) is 30.9 Å². The molecule has 3 aromatic rings. The van der Waals surface area contributed by atoms with E-state index >= 15 is 0 Å². The molecule has 0 saturated carbocycles. The zero-order valence-electron chi connectivity index (χ0n) is 22.3. The average molecular weight is 637 g/mol. The standard InChI is InChI=1S/C29H32BrF2N3O4S/c1-3-33-29(37)27(18-21-9-5-4-6-10-21)34(20-22-11-7-12-23(30)17-22)28(36)13-8-16-35(40(2,38)39)24-14-15-25(31)26(32)19-24/h4-7,9-12,14-15,17,19,27H,3,8,13,16,18,20H2,1-2H3,(H,33,37)/t27-/m0/s1. The number of benzene rings is 3. The molecule has 1 N–H and O–H groups in total. The van der Waals surface area contributed by atoms with Crippen molar-refractivity contribution in [2.75, 3.05) is 23.7 Å². The summed E-state index contributed by atoms with van der Waals surface area (Å²) in [7, 11) is -3.85. The Balaban J connectivity index is 1.87. The Bertz CT molecular complexity index is 1420. The molecule has 3 rings (SSSR count). The monoisotopic (exact) mass is 635 g/mol. The van der Waals surface area contributed by atoms with Gasteiger partial charge >= 0.3 is 0 Å². The lowest BCUT2D eigenvalue weighted by Crippen LogP contribution is -2.50. The first kappa shape index (κ1) is 31.2. The van der Waals surface area contributed by atoms with Gasteiger partial charge in [-0.1, -0.05) is 58.4 Å². The second kappa shape index (κ2) is 14.4. The maximum atomic E-state index is 13.8. The summed E-state index contributed by atoms with van der Waals surface area (Å²) < 4.78 is 53.9. The summed E-state index contributed by atoms with van der Waals surface area (Å²) in [5.74, 6) is -2.90. The van der Waals surface area contributed by atoms with Crippen molar-refractivity contribution in [2.24, 2.45) is 0 Å². The van der Waals surface area contributed by atoms with Gasteiger partial charge in [-0.05, 0) is 48.7 Å². The normalized spacial score (nSPS) is 12.0. The first-order chi connectivity index (χ1) is 19.0. The van der Waals surface area contributed by atoms with E-state index in [0.717, 1.165) is 38.3 Å². The third-order valence-corrected chi connectivity index (χ3v) is 7.89. The van der Waals surface area contributed by atoms with Gasteiger partial charge in [-0.2, -0.15) is 0 Å². The van der Waals surface area contributed by atoms with Crippen molar-refractivity contribution in [3.05, 3.63) is 100 Å². The molecular formula is C29H32BrF2N3O4S. The van der Waals surface area contributed by atoms with E-state index in [4.69, 9.17) is 0 Å². The molecule has 7 nitrogen and oxygen atoms in total. The third-order valence-electron chi connectivity index (χ3n) is 6.21. The van der Waals surface area contributed by atoms with Crippen LogP contribution in [-0.4, -0.2) is 50.5 Å². The molecule has 11 heteroatoms. The Kier molecular flexibility index (Phi) is 11.2. The smallest absolute Gasteiger partial charge is 0.243 e. The van der Waals surface area contributed by atoms with Crippen molar-refractivity contribution in [3.63, 3.8) is 0 Å². The molecule has 0 aliphatic heterocycles. The van der Waals surface area contributed by atoms with Gasteiger partial charge in [0.15, 0.2) is 11.6 Å². The molecule has 0 heterocycles. The molecule has 0 fully saturated rings. The molecular weight excluding hydrogens is 604 g/mol. The molecule has 1 atom stereocenters. The van der Waals surface area contributed by atoms with Crippen LogP contribution in [0.3, 0.4) is 0 Å². The van der Waals surface area contributed by atoms with Crippen LogP contribution >= 0.6 is 15.9 Å². The number of nitrogens with one attached hydrogen (secondary N) is 1. The molecule has 40 heavy (non-hydrogen) atoms. The summed E-state index contributed by atoms with van der Waals surface area (Å²) >= 11 is 3.45. The van der Waals surface area contributed by atoms with Gasteiger partial charge in [-0.15, -0.1) is 0 Å². The second-order valence-corrected chi connectivity index (χ2v) is 12.1. The number of hydrogen-bond donors (Lipinski definition) is 1. The van der Waals surface area contributed by atoms with Crippen LogP contribution in [0.4, 0.5) is 14.5 Å². The highest BCUT2D eigenvalue weighted by atomic mass is 79.9.